The Labute approximate surface area is 92.4 Å². The van der Waals surface area contributed by atoms with Crippen LogP contribution in [0.25, 0.3) is 0 Å². The number of alkyl halides is 2. The van der Waals surface area contributed by atoms with E-state index in [1.165, 1.54) is 6.07 Å². The number of Topliss-reactive ketones (excluding diaryl/α,β-unsaturated/α-hetero) is 1. The molecule has 0 aromatic heterocycles. The standard InChI is InChI=1S/C9H6F3IO/c1-9(11,12)8(14)6-4-5(13)2-3-7(6)10/h2-4H,1H3. The monoisotopic (exact) mass is 314 g/mol. The molecule has 0 aliphatic carbocycles. The van der Waals surface area contributed by atoms with E-state index < -0.39 is 23.1 Å². The molecule has 1 aromatic carbocycles. The highest BCUT2D eigenvalue weighted by atomic mass is 127. The van der Waals surface area contributed by atoms with Crippen molar-refractivity contribution in [1.82, 2.24) is 0 Å². The fraction of sp³-hybridized carbons (Fsp3) is 0.222. The minimum absolute atomic E-state index is 0.453. The molecule has 5 heteroatoms. The van der Waals surface area contributed by atoms with Crippen molar-refractivity contribution in [2.45, 2.75) is 12.8 Å². The van der Waals surface area contributed by atoms with Crippen molar-refractivity contribution >= 4 is 28.4 Å². The lowest BCUT2D eigenvalue weighted by Gasteiger charge is -2.09. The Morgan fingerprint density at radius 1 is 1.43 bits per heavy atom. The average molecular weight is 314 g/mol. The van der Waals surface area contributed by atoms with Gasteiger partial charge in [0.2, 0.25) is 5.78 Å². The van der Waals surface area contributed by atoms with Gasteiger partial charge in [-0.2, -0.15) is 8.78 Å². The Bertz CT molecular complexity index is 371. The summed E-state index contributed by atoms with van der Waals surface area (Å²) in [7, 11) is 0. The molecule has 0 radical (unpaired) electrons. The number of hydrogen-bond donors (Lipinski definition) is 0. The van der Waals surface area contributed by atoms with E-state index in [-0.39, 0.29) is 0 Å². The van der Waals surface area contributed by atoms with E-state index in [9.17, 15) is 18.0 Å². The van der Waals surface area contributed by atoms with Crippen LogP contribution in [0.1, 0.15) is 17.3 Å². The summed E-state index contributed by atoms with van der Waals surface area (Å²) in [6.07, 6.45) is 0. The summed E-state index contributed by atoms with van der Waals surface area (Å²) in [5.74, 6) is -5.95. The van der Waals surface area contributed by atoms with Gasteiger partial charge in [-0.05, 0) is 40.8 Å². The molecule has 0 spiro atoms. The summed E-state index contributed by atoms with van der Waals surface area (Å²) in [6, 6.07) is 3.51. The zero-order valence-corrected chi connectivity index (χ0v) is 9.31. The molecule has 0 atom stereocenters. The van der Waals surface area contributed by atoms with Gasteiger partial charge in [0, 0.05) is 10.5 Å². The molecule has 0 saturated carbocycles. The first kappa shape index (κ1) is 11.5. The number of carbonyl (C=O) groups is 1. The highest BCUT2D eigenvalue weighted by Gasteiger charge is 2.34. The first-order chi connectivity index (χ1) is 6.32. The van der Waals surface area contributed by atoms with Gasteiger partial charge in [-0.25, -0.2) is 4.39 Å². The molecule has 0 unspecified atom stereocenters. The molecular weight excluding hydrogens is 308 g/mol. The summed E-state index contributed by atoms with van der Waals surface area (Å²) >= 11 is 1.82. The average Bonchev–Trinajstić information content (AvgIpc) is 2.06. The molecule has 76 valence electrons. The molecule has 1 aromatic rings. The largest absolute Gasteiger partial charge is 0.307 e. The van der Waals surface area contributed by atoms with E-state index in [1.54, 1.807) is 0 Å². The van der Waals surface area contributed by atoms with Gasteiger partial charge >= 0.3 is 5.92 Å². The third-order valence-corrected chi connectivity index (χ3v) is 2.24. The van der Waals surface area contributed by atoms with Crippen LogP contribution in [0.2, 0.25) is 0 Å². The molecule has 0 aliphatic heterocycles. The lowest BCUT2D eigenvalue weighted by molar-refractivity contribution is 0.0217. The van der Waals surface area contributed by atoms with Gasteiger partial charge in [0.15, 0.2) is 0 Å². The van der Waals surface area contributed by atoms with E-state index in [2.05, 4.69) is 0 Å². The number of ketones is 1. The summed E-state index contributed by atoms with van der Waals surface area (Å²) < 4.78 is 38.7. The fourth-order valence-electron chi connectivity index (χ4n) is 0.908. The molecular formula is C9H6F3IO. The van der Waals surface area contributed by atoms with Crippen molar-refractivity contribution in [2.24, 2.45) is 0 Å². The van der Waals surface area contributed by atoms with Crippen molar-refractivity contribution in [1.29, 1.82) is 0 Å². The maximum Gasteiger partial charge on any atom is 0.307 e. The Balaban J connectivity index is 3.19. The van der Waals surface area contributed by atoms with Crippen LogP contribution in [-0.4, -0.2) is 11.7 Å². The predicted molar refractivity (Wildman–Crippen MR) is 54.1 cm³/mol. The van der Waals surface area contributed by atoms with Gasteiger partial charge in [0.25, 0.3) is 0 Å². The number of rotatable bonds is 2. The van der Waals surface area contributed by atoms with Crippen molar-refractivity contribution in [3.8, 4) is 0 Å². The molecule has 14 heavy (non-hydrogen) atoms. The summed E-state index contributed by atoms with van der Waals surface area (Å²) in [5, 5.41) is 0. The van der Waals surface area contributed by atoms with Gasteiger partial charge in [-0.3, -0.25) is 4.79 Å². The number of benzene rings is 1. The van der Waals surface area contributed by atoms with Gasteiger partial charge < -0.3 is 0 Å². The van der Waals surface area contributed by atoms with Gasteiger partial charge in [0.05, 0.1) is 5.56 Å². The highest BCUT2D eigenvalue weighted by molar-refractivity contribution is 14.1. The second-order valence-corrected chi connectivity index (χ2v) is 4.09. The molecule has 0 heterocycles. The van der Waals surface area contributed by atoms with Crippen LogP contribution in [0.5, 0.6) is 0 Å². The fourth-order valence-corrected chi connectivity index (χ4v) is 1.40. The summed E-state index contributed by atoms with van der Waals surface area (Å²) in [4.78, 5) is 11.0. The molecule has 0 bridgehead atoms. The Morgan fingerprint density at radius 2 is 2.00 bits per heavy atom. The number of halogens is 4. The minimum Gasteiger partial charge on any atom is -0.287 e. The first-order valence-electron chi connectivity index (χ1n) is 3.70. The van der Waals surface area contributed by atoms with E-state index in [0.29, 0.717) is 10.5 Å². The topological polar surface area (TPSA) is 17.1 Å². The van der Waals surface area contributed by atoms with Gasteiger partial charge in [-0.1, -0.05) is 0 Å². The van der Waals surface area contributed by atoms with Crippen LogP contribution in [0.15, 0.2) is 18.2 Å². The van der Waals surface area contributed by atoms with Crippen molar-refractivity contribution in [3.05, 3.63) is 33.1 Å². The SMILES string of the molecule is CC(F)(F)C(=O)c1cc(I)ccc1F. The van der Waals surface area contributed by atoms with Crippen LogP contribution in [-0.2, 0) is 0 Å². The smallest absolute Gasteiger partial charge is 0.287 e. The molecule has 1 nitrogen and oxygen atoms in total. The van der Waals surface area contributed by atoms with Crippen molar-refractivity contribution in [3.63, 3.8) is 0 Å². The highest BCUT2D eigenvalue weighted by Crippen LogP contribution is 2.22. The second-order valence-electron chi connectivity index (χ2n) is 2.84. The van der Waals surface area contributed by atoms with E-state index >= 15 is 0 Å². The third-order valence-electron chi connectivity index (χ3n) is 1.57. The minimum atomic E-state index is -3.54. The molecule has 0 aliphatic rings. The van der Waals surface area contributed by atoms with Crippen molar-refractivity contribution in [2.75, 3.05) is 0 Å². The Hall–Kier alpha value is -0.590. The van der Waals surface area contributed by atoms with Crippen LogP contribution in [0.4, 0.5) is 13.2 Å². The van der Waals surface area contributed by atoms with Gasteiger partial charge in [0.1, 0.15) is 5.82 Å². The summed E-state index contributed by atoms with van der Waals surface area (Å²) in [5.41, 5.74) is -0.565. The zero-order chi connectivity index (χ0) is 10.9. The van der Waals surface area contributed by atoms with E-state index in [0.717, 1.165) is 12.1 Å². The molecule has 0 saturated heterocycles. The number of carbonyl (C=O) groups excluding carboxylic acids is 1. The number of hydrogen-bond acceptors (Lipinski definition) is 1. The lowest BCUT2D eigenvalue weighted by Crippen LogP contribution is -2.25. The Kier molecular flexibility index (Phi) is 3.18. The molecule has 0 N–H and O–H groups in total. The normalized spacial score (nSPS) is 11.5. The second kappa shape index (κ2) is 3.88. The summed E-state index contributed by atoms with van der Waals surface area (Å²) in [6.45, 7) is 0.453. The van der Waals surface area contributed by atoms with Crippen molar-refractivity contribution < 1.29 is 18.0 Å². The quantitative estimate of drug-likeness (QED) is 0.605. The maximum absolute atomic E-state index is 13.0. The van der Waals surface area contributed by atoms with Crippen LogP contribution in [0.3, 0.4) is 0 Å². The maximum atomic E-state index is 13.0. The lowest BCUT2D eigenvalue weighted by atomic mass is 10.1. The molecule has 0 fully saturated rings. The zero-order valence-electron chi connectivity index (χ0n) is 7.15. The van der Waals surface area contributed by atoms with Crippen LogP contribution in [0, 0.1) is 9.39 Å². The predicted octanol–water partition coefficient (Wildman–Crippen LogP) is 3.27. The van der Waals surface area contributed by atoms with Gasteiger partial charge in [-0.15, -0.1) is 0 Å². The molecule has 1 rings (SSSR count). The Morgan fingerprint density at radius 3 is 2.50 bits per heavy atom. The third kappa shape index (κ3) is 2.46. The molecule has 0 amide bonds. The van der Waals surface area contributed by atoms with Crippen LogP contribution < -0.4 is 0 Å². The first-order valence-corrected chi connectivity index (χ1v) is 4.78. The van der Waals surface area contributed by atoms with E-state index in [1.807, 2.05) is 22.6 Å². The van der Waals surface area contributed by atoms with E-state index in [4.69, 9.17) is 0 Å². The van der Waals surface area contributed by atoms with Crippen LogP contribution >= 0.6 is 22.6 Å².